The predicted octanol–water partition coefficient (Wildman–Crippen LogP) is 8.81. The second kappa shape index (κ2) is 12.6. The van der Waals surface area contributed by atoms with Crippen molar-refractivity contribution in [3.8, 4) is 0 Å². The van der Waals surface area contributed by atoms with Crippen LogP contribution in [-0.4, -0.2) is 12.5 Å². The molecule has 0 bridgehead atoms. The molecule has 3 nitrogen and oxygen atoms in total. The Morgan fingerprint density at radius 3 is 1.85 bits per heavy atom. The summed E-state index contributed by atoms with van der Waals surface area (Å²) in [4.78, 5) is 0. The van der Waals surface area contributed by atoms with Crippen molar-refractivity contribution in [1.82, 2.24) is 0 Å². The number of rotatable bonds is 7. The van der Waals surface area contributed by atoms with Crippen LogP contribution in [0, 0.1) is 0 Å². The molecule has 1 aliphatic heterocycles. The number of fused-ring (bicyclic) bond motifs is 3. The van der Waals surface area contributed by atoms with Gasteiger partial charge < -0.3 is 4.74 Å². The van der Waals surface area contributed by atoms with Crippen molar-refractivity contribution in [3.05, 3.63) is 96.6 Å². The quantitative estimate of drug-likeness (QED) is 0.225. The highest BCUT2D eigenvalue weighted by molar-refractivity contribution is 5.98. The second-order valence-corrected chi connectivity index (χ2v) is 8.65. The van der Waals surface area contributed by atoms with Gasteiger partial charge in [0.05, 0.1) is 12.3 Å². The van der Waals surface area contributed by atoms with Crippen LogP contribution < -0.4 is 5.43 Å². The third-order valence-electron chi connectivity index (χ3n) is 6.01. The van der Waals surface area contributed by atoms with E-state index in [0.717, 1.165) is 24.3 Å². The van der Waals surface area contributed by atoms with Crippen LogP contribution >= 0.6 is 0 Å². The van der Waals surface area contributed by atoms with Gasteiger partial charge in [-0.05, 0) is 57.8 Å². The van der Waals surface area contributed by atoms with Gasteiger partial charge >= 0.3 is 0 Å². The zero-order chi connectivity index (χ0) is 23.4. The molecule has 174 valence electrons. The molecule has 5 rings (SSSR count). The molecule has 0 radical (unpaired) electrons. The van der Waals surface area contributed by atoms with E-state index in [9.17, 15) is 0 Å². The lowest BCUT2D eigenvalue weighted by atomic mass is 10.0. The van der Waals surface area contributed by atoms with Crippen LogP contribution in [0.15, 0.2) is 96.1 Å². The molecule has 1 heterocycles. The minimum Gasteiger partial charge on any atom is -0.477 e. The fourth-order valence-electron chi connectivity index (χ4n) is 4.08. The Kier molecular flexibility index (Phi) is 8.73. The van der Waals surface area contributed by atoms with Crippen LogP contribution in [0.1, 0.15) is 51.0 Å². The first-order valence-electron chi connectivity index (χ1n) is 12.4. The lowest BCUT2D eigenvalue weighted by Crippen LogP contribution is -2.05. The third kappa shape index (κ3) is 6.71. The summed E-state index contributed by atoms with van der Waals surface area (Å²) in [6.07, 6.45) is 11.6. The van der Waals surface area contributed by atoms with Crippen molar-refractivity contribution in [3.63, 3.8) is 0 Å². The molecule has 4 aromatic rings. The molecule has 3 heteroatoms. The van der Waals surface area contributed by atoms with Gasteiger partial charge in [-0.1, -0.05) is 106 Å². The monoisotopic (exact) mass is 450 g/mol. The van der Waals surface area contributed by atoms with Crippen molar-refractivity contribution in [2.45, 2.75) is 45.4 Å². The Balaban J connectivity index is 0.000000170. The van der Waals surface area contributed by atoms with Crippen LogP contribution in [-0.2, 0) is 4.74 Å². The molecular weight excluding hydrogens is 416 g/mol. The molecule has 1 aliphatic rings. The summed E-state index contributed by atoms with van der Waals surface area (Å²) in [5, 5.41) is 9.51. The lowest BCUT2D eigenvalue weighted by molar-refractivity contribution is 0.294. The van der Waals surface area contributed by atoms with Crippen molar-refractivity contribution >= 4 is 39.2 Å². The summed E-state index contributed by atoms with van der Waals surface area (Å²) in [5.74, 6) is 0.662. The van der Waals surface area contributed by atoms with Crippen molar-refractivity contribution in [2.75, 3.05) is 12.0 Å². The van der Waals surface area contributed by atoms with Gasteiger partial charge in [-0.15, -0.1) is 5.10 Å². The molecule has 0 atom stereocenters. The highest BCUT2D eigenvalue weighted by Gasteiger charge is 2.04. The van der Waals surface area contributed by atoms with Crippen LogP contribution in [0.3, 0.4) is 0 Å². The van der Waals surface area contributed by atoms with Crippen molar-refractivity contribution in [2.24, 2.45) is 5.10 Å². The zero-order valence-electron chi connectivity index (χ0n) is 20.0. The second-order valence-electron chi connectivity index (χ2n) is 8.65. The number of hydrogen-bond donors (Lipinski definition) is 1. The molecule has 0 unspecified atom stereocenters. The normalized spacial score (nSPS) is 12.2. The molecule has 0 aromatic heterocycles. The van der Waals surface area contributed by atoms with Gasteiger partial charge in [0, 0.05) is 6.08 Å². The number of nitrogens with zero attached hydrogens (tertiary/aromatic N) is 1. The van der Waals surface area contributed by atoms with E-state index in [1.54, 1.807) is 0 Å². The van der Waals surface area contributed by atoms with Crippen molar-refractivity contribution < 1.29 is 4.74 Å². The Morgan fingerprint density at radius 1 is 0.647 bits per heavy atom. The minimum absolute atomic E-state index is 0.662. The van der Waals surface area contributed by atoms with Gasteiger partial charge in [0.25, 0.3) is 0 Å². The lowest BCUT2D eigenvalue weighted by Gasteiger charge is -2.05. The molecule has 34 heavy (non-hydrogen) atoms. The van der Waals surface area contributed by atoms with E-state index < -0.39 is 0 Å². The molecule has 0 amide bonds. The average molecular weight is 451 g/mol. The Labute approximate surface area is 203 Å². The smallest absolute Gasteiger partial charge is 0.230 e. The molecule has 0 saturated heterocycles. The number of unbranched alkanes of at least 4 members (excludes halogenated alkanes) is 5. The van der Waals surface area contributed by atoms with E-state index in [1.807, 2.05) is 30.4 Å². The average Bonchev–Trinajstić information content (AvgIpc) is 3.10. The Morgan fingerprint density at radius 2 is 1.21 bits per heavy atom. The fraction of sp³-hybridized carbons (Fsp3) is 0.258. The maximum absolute atomic E-state index is 5.70. The summed E-state index contributed by atoms with van der Waals surface area (Å²) >= 11 is 0. The largest absolute Gasteiger partial charge is 0.477 e. The van der Waals surface area contributed by atoms with Crippen LogP contribution in [0.25, 0.3) is 27.6 Å². The van der Waals surface area contributed by atoms with E-state index in [-0.39, 0.29) is 0 Å². The Hall–Kier alpha value is -3.59. The number of hydrogen-bond acceptors (Lipinski definition) is 3. The fourth-order valence-corrected chi connectivity index (χ4v) is 4.08. The maximum Gasteiger partial charge on any atom is 0.230 e. The highest BCUT2D eigenvalue weighted by Crippen LogP contribution is 2.22. The van der Waals surface area contributed by atoms with E-state index in [4.69, 9.17) is 4.74 Å². The van der Waals surface area contributed by atoms with Crippen LogP contribution in [0.5, 0.6) is 0 Å². The maximum atomic E-state index is 5.70. The topological polar surface area (TPSA) is 33.6 Å². The van der Waals surface area contributed by atoms with E-state index in [1.165, 1.54) is 53.6 Å². The number of nitrogens with one attached hydrogen (secondary N) is 1. The van der Waals surface area contributed by atoms with Gasteiger partial charge in [0.1, 0.15) is 0 Å². The first kappa shape index (κ1) is 23.6. The molecule has 0 aliphatic carbocycles. The van der Waals surface area contributed by atoms with Crippen LogP contribution in [0.4, 0.5) is 5.69 Å². The first-order valence-corrected chi connectivity index (χ1v) is 12.4. The summed E-state index contributed by atoms with van der Waals surface area (Å²) in [5.41, 5.74) is 5.19. The van der Waals surface area contributed by atoms with E-state index >= 15 is 0 Å². The summed E-state index contributed by atoms with van der Waals surface area (Å²) in [6, 6.07) is 29.5. The molecule has 0 fully saturated rings. The molecule has 4 aromatic carbocycles. The molecule has 0 saturated carbocycles. The van der Waals surface area contributed by atoms with Gasteiger partial charge in [0.15, 0.2) is 0 Å². The van der Waals surface area contributed by atoms with Gasteiger partial charge in [-0.25, -0.2) is 0 Å². The minimum atomic E-state index is 0.662. The molecular formula is C31H34N2O. The third-order valence-corrected chi connectivity index (χ3v) is 6.01. The summed E-state index contributed by atoms with van der Waals surface area (Å²) in [6.45, 7) is 2.98. The molecule has 1 N–H and O–H groups in total. The van der Waals surface area contributed by atoms with Gasteiger partial charge in [-0.3, -0.25) is 5.43 Å². The number of benzene rings is 4. The Bertz CT molecular complexity index is 1150. The predicted molar refractivity (Wildman–Crippen MR) is 147 cm³/mol. The van der Waals surface area contributed by atoms with Crippen molar-refractivity contribution in [1.29, 1.82) is 0 Å². The number of para-hydroxylation sites is 1. The van der Waals surface area contributed by atoms with Gasteiger partial charge in [-0.2, -0.15) is 0 Å². The SMILES string of the molecule is CCCCCCCCOC1=NNc2ccccc2C=C1.c1ccc2cc3ccccc3cc2c1. The number of hydrazone groups is 1. The van der Waals surface area contributed by atoms with Crippen LogP contribution in [0.2, 0.25) is 0 Å². The summed E-state index contributed by atoms with van der Waals surface area (Å²) in [7, 11) is 0. The number of ether oxygens (including phenoxy) is 1. The zero-order valence-corrected chi connectivity index (χ0v) is 20.0. The molecule has 0 spiro atoms. The standard InChI is InChI=1S/C17H24N2O.C14H10/c1-2-3-4-5-6-9-14-20-17-13-12-15-10-7-8-11-16(15)18-19-17;1-2-6-12-10-14-8-4-3-7-13(14)9-11(12)5-1/h7-8,10-13,18H,2-6,9,14H2,1H3;1-10H. The van der Waals surface area contributed by atoms with E-state index in [0.29, 0.717) is 5.90 Å². The summed E-state index contributed by atoms with van der Waals surface area (Å²) < 4.78 is 5.70. The number of anilines is 1. The highest BCUT2D eigenvalue weighted by atomic mass is 16.5. The first-order chi connectivity index (χ1) is 16.8. The van der Waals surface area contributed by atoms with E-state index in [2.05, 4.69) is 84.2 Å². The van der Waals surface area contributed by atoms with Gasteiger partial charge in [0.2, 0.25) is 5.90 Å².